The molecule has 1 aliphatic rings. The normalized spacial score (nSPS) is 18.3. The third kappa shape index (κ3) is 4.38. The van der Waals surface area contributed by atoms with Gasteiger partial charge in [-0.25, -0.2) is 0 Å². The van der Waals surface area contributed by atoms with Crippen LogP contribution in [0.15, 0.2) is 16.8 Å². The fourth-order valence-electron chi connectivity index (χ4n) is 2.22. The minimum absolute atomic E-state index is 0.214. The third-order valence-corrected chi connectivity index (χ3v) is 4.19. The Morgan fingerprint density at radius 2 is 2.17 bits per heavy atom. The second-order valence-electron chi connectivity index (χ2n) is 6.52. The Hall–Kier alpha value is -0.380. The fourth-order valence-corrected chi connectivity index (χ4v) is 2.88. The van der Waals surface area contributed by atoms with Gasteiger partial charge in [-0.05, 0) is 62.9 Å². The number of hydrogen-bond donors (Lipinski definition) is 1. The topological polar surface area (TPSA) is 15.3 Å². The highest BCUT2D eigenvalue weighted by atomic mass is 32.1. The first-order valence-electron chi connectivity index (χ1n) is 6.97. The molecule has 2 nitrogen and oxygen atoms in total. The van der Waals surface area contributed by atoms with Crippen molar-refractivity contribution >= 4 is 11.3 Å². The molecule has 1 aromatic heterocycles. The quantitative estimate of drug-likeness (QED) is 0.848. The van der Waals surface area contributed by atoms with Crippen LogP contribution in [-0.2, 0) is 6.54 Å². The predicted molar refractivity (Wildman–Crippen MR) is 80.1 cm³/mol. The molecule has 2 rings (SSSR count). The van der Waals surface area contributed by atoms with Crippen molar-refractivity contribution < 1.29 is 0 Å². The second-order valence-corrected chi connectivity index (χ2v) is 7.30. The summed E-state index contributed by atoms with van der Waals surface area (Å²) in [5, 5.41) is 8.08. The Kier molecular flexibility index (Phi) is 4.46. The van der Waals surface area contributed by atoms with Gasteiger partial charge in [0.25, 0.3) is 0 Å². The van der Waals surface area contributed by atoms with Gasteiger partial charge >= 0.3 is 0 Å². The predicted octanol–water partition coefficient (Wildman–Crippen LogP) is 3.49. The Bertz CT molecular complexity index is 349. The van der Waals surface area contributed by atoms with Gasteiger partial charge in [-0.2, -0.15) is 11.3 Å². The molecule has 1 atom stereocenters. The molecule has 0 radical (unpaired) electrons. The standard InChI is InChI=1S/C15H26N2S/c1-12(9-16-15(2,3)4)17(14-5-6-14)10-13-7-8-18-11-13/h7-8,11-12,14,16H,5-6,9-10H2,1-4H3. The summed E-state index contributed by atoms with van der Waals surface area (Å²) in [4.78, 5) is 2.67. The lowest BCUT2D eigenvalue weighted by atomic mass is 10.1. The van der Waals surface area contributed by atoms with Crippen LogP contribution >= 0.6 is 11.3 Å². The highest BCUT2D eigenvalue weighted by Crippen LogP contribution is 2.30. The number of nitrogens with zero attached hydrogens (tertiary/aromatic N) is 1. The van der Waals surface area contributed by atoms with E-state index >= 15 is 0 Å². The minimum atomic E-state index is 0.214. The zero-order valence-corrected chi connectivity index (χ0v) is 12.9. The van der Waals surface area contributed by atoms with Crippen molar-refractivity contribution in [3.63, 3.8) is 0 Å². The van der Waals surface area contributed by atoms with Crippen LogP contribution in [0.4, 0.5) is 0 Å². The Morgan fingerprint density at radius 3 is 2.67 bits per heavy atom. The molecular weight excluding hydrogens is 240 g/mol. The van der Waals surface area contributed by atoms with E-state index in [1.165, 1.54) is 18.4 Å². The average Bonchev–Trinajstić information content (AvgIpc) is 2.99. The molecule has 1 aromatic rings. The monoisotopic (exact) mass is 266 g/mol. The molecule has 1 fully saturated rings. The number of hydrogen-bond acceptors (Lipinski definition) is 3. The SMILES string of the molecule is CC(CNC(C)(C)C)N(Cc1ccsc1)C1CC1. The molecule has 1 heterocycles. The van der Waals surface area contributed by atoms with Gasteiger partial charge in [0.05, 0.1) is 0 Å². The van der Waals surface area contributed by atoms with E-state index in [0.29, 0.717) is 6.04 Å². The van der Waals surface area contributed by atoms with E-state index in [0.717, 1.165) is 19.1 Å². The highest BCUT2D eigenvalue weighted by molar-refractivity contribution is 7.07. The maximum absolute atomic E-state index is 3.63. The van der Waals surface area contributed by atoms with Gasteiger partial charge < -0.3 is 5.32 Å². The largest absolute Gasteiger partial charge is 0.311 e. The van der Waals surface area contributed by atoms with E-state index in [1.54, 1.807) is 11.3 Å². The van der Waals surface area contributed by atoms with Crippen LogP contribution in [0.5, 0.6) is 0 Å². The van der Waals surface area contributed by atoms with Gasteiger partial charge in [-0.1, -0.05) is 0 Å². The molecule has 18 heavy (non-hydrogen) atoms. The Labute approximate surface area is 115 Å². The summed E-state index contributed by atoms with van der Waals surface area (Å²) in [6.07, 6.45) is 2.76. The summed E-state index contributed by atoms with van der Waals surface area (Å²) < 4.78 is 0. The molecular formula is C15H26N2S. The van der Waals surface area contributed by atoms with Crippen LogP contribution in [0.2, 0.25) is 0 Å². The van der Waals surface area contributed by atoms with E-state index in [4.69, 9.17) is 0 Å². The Morgan fingerprint density at radius 1 is 1.44 bits per heavy atom. The average molecular weight is 266 g/mol. The first-order chi connectivity index (χ1) is 8.46. The van der Waals surface area contributed by atoms with Crippen molar-refractivity contribution in [3.8, 4) is 0 Å². The maximum atomic E-state index is 3.63. The molecule has 0 amide bonds. The minimum Gasteiger partial charge on any atom is -0.311 e. The van der Waals surface area contributed by atoms with E-state index in [1.807, 2.05) is 0 Å². The highest BCUT2D eigenvalue weighted by Gasteiger charge is 2.32. The molecule has 1 saturated carbocycles. The molecule has 1 aliphatic carbocycles. The molecule has 0 spiro atoms. The van der Waals surface area contributed by atoms with Crippen LogP contribution in [-0.4, -0.2) is 29.1 Å². The molecule has 1 N–H and O–H groups in total. The van der Waals surface area contributed by atoms with Crippen LogP contribution < -0.4 is 5.32 Å². The number of rotatable bonds is 6. The second kappa shape index (κ2) is 5.72. The molecule has 0 bridgehead atoms. The zero-order chi connectivity index (χ0) is 13.2. The van der Waals surface area contributed by atoms with E-state index in [2.05, 4.69) is 54.7 Å². The van der Waals surface area contributed by atoms with Crippen LogP contribution in [0, 0.1) is 0 Å². The van der Waals surface area contributed by atoms with E-state index < -0.39 is 0 Å². The first kappa shape index (κ1) is 14.0. The van der Waals surface area contributed by atoms with E-state index in [9.17, 15) is 0 Å². The summed E-state index contributed by atoms with van der Waals surface area (Å²) >= 11 is 1.80. The van der Waals surface area contributed by atoms with Gasteiger partial charge in [0.15, 0.2) is 0 Å². The van der Waals surface area contributed by atoms with Crippen molar-refractivity contribution in [3.05, 3.63) is 22.4 Å². The lowest BCUT2D eigenvalue weighted by Gasteiger charge is -2.32. The van der Waals surface area contributed by atoms with Crippen LogP contribution in [0.1, 0.15) is 46.1 Å². The third-order valence-electron chi connectivity index (χ3n) is 3.46. The van der Waals surface area contributed by atoms with Crippen molar-refractivity contribution in [2.75, 3.05) is 6.54 Å². The lowest BCUT2D eigenvalue weighted by molar-refractivity contribution is 0.177. The summed E-state index contributed by atoms with van der Waals surface area (Å²) in [6, 6.07) is 3.68. The van der Waals surface area contributed by atoms with Crippen molar-refractivity contribution in [2.45, 2.75) is 64.7 Å². The summed E-state index contributed by atoms with van der Waals surface area (Å²) in [7, 11) is 0. The molecule has 0 saturated heterocycles. The van der Waals surface area contributed by atoms with Gasteiger partial charge in [0.1, 0.15) is 0 Å². The molecule has 3 heteroatoms. The summed E-state index contributed by atoms with van der Waals surface area (Å²) in [5.41, 5.74) is 1.68. The van der Waals surface area contributed by atoms with Crippen molar-refractivity contribution in [1.82, 2.24) is 10.2 Å². The molecule has 1 unspecified atom stereocenters. The lowest BCUT2D eigenvalue weighted by Crippen LogP contribution is -2.46. The zero-order valence-electron chi connectivity index (χ0n) is 12.1. The summed E-state index contributed by atoms with van der Waals surface area (Å²) in [5.74, 6) is 0. The fraction of sp³-hybridized carbons (Fsp3) is 0.733. The molecule has 0 aliphatic heterocycles. The smallest absolute Gasteiger partial charge is 0.0248 e. The van der Waals surface area contributed by atoms with Crippen LogP contribution in [0.3, 0.4) is 0 Å². The van der Waals surface area contributed by atoms with Gasteiger partial charge in [0.2, 0.25) is 0 Å². The Balaban J connectivity index is 1.89. The van der Waals surface area contributed by atoms with Gasteiger partial charge in [0, 0.05) is 30.7 Å². The van der Waals surface area contributed by atoms with Crippen LogP contribution in [0.25, 0.3) is 0 Å². The first-order valence-corrected chi connectivity index (χ1v) is 7.92. The van der Waals surface area contributed by atoms with Crippen molar-refractivity contribution in [2.24, 2.45) is 0 Å². The molecule has 102 valence electrons. The van der Waals surface area contributed by atoms with Crippen molar-refractivity contribution in [1.29, 1.82) is 0 Å². The maximum Gasteiger partial charge on any atom is 0.0248 e. The van der Waals surface area contributed by atoms with Gasteiger partial charge in [-0.3, -0.25) is 4.90 Å². The number of thiophene rings is 1. The summed E-state index contributed by atoms with van der Waals surface area (Å²) in [6.45, 7) is 11.2. The van der Waals surface area contributed by atoms with E-state index in [-0.39, 0.29) is 5.54 Å². The molecule has 0 aromatic carbocycles. The number of nitrogens with one attached hydrogen (secondary N) is 1. The van der Waals surface area contributed by atoms with Gasteiger partial charge in [-0.15, -0.1) is 0 Å².